The molecule has 0 aliphatic heterocycles. The molecule has 0 aliphatic rings. The second-order valence-electron chi connectivity index (χ2n) is 6.59. The van der Waals surface area contributed by atoms with Gasteiger partial charge < -0.3 is 9.88 Å². The first-order valence-electron chi connectivity index (χ1n) is 8.85. The second-order valence-corrected chi connectivity index (χ2v) is 6.59. The van der Waals surface area contributed by atoms with Crippen molar-refractivity contribution >= 4 is 22.6 Å². The highest BCUT2D eigenvalue weighted by Gasteiger charge is 2.16. The van der Waals surface area contributed by atoms with E-state index in [0.29, 0.717) is 5.82 Å². The van der Waals surface area contributed by atoms with Gasteiger partial charge in [0.1, 0.15) is 12.2 Å². The molecule has 4 aromatic rings. The number of nitrogens with one attached hydrogen (secondary N) is 1. The van der Waals surface area contributed by atoms with Crippen molar-refractivity contribution in [2.24, 2.45) is 0 Å². The van der Waals surface area contributed by atoms with E-state index in [2.05, 4.69) is 10.3 Å². The molecule has 0 saturated carbocycles. The van der Waals surface area contributed by atoms with Gasteiger partial charge >= 0.3 is 0 Å². The standard InChI is InChI=1S/C22H20N4O/c1-15-10-11-16(2)19(13-15)24-21(27)14-26-20-9-4-3-7-17(20)25-22(26)18-8-5-6-12-23-18/h3-13H,14H2,1-2H3,(H,24,27). The van der Waals surface area contributed by atoms with Crippen LogP contribution in [0.5, 0.6) is 0 Å². The molecule has 4 rings (SSSR count). The van der Waals surface area contributed by atoms with Crippen molar-refractivity contribution in [2.45, 2.75) is 20.4 Å². The Hall–Kier alpha value is -3.47. The van der Waals surface area contributed by atoms with E-state index in [1.807, 2.05) is 79.1 Å². The minimum Gasteiger partial charge on any atom is -0.324 e. The Morgan fingerprint density at radius 2 is 1.85 bits per heavy atom. The lowest BCUT2D eigenvalue weighted by atomic mass is 10.1. The molecule has 5 heteroatoms. The lowest BCUT2D eigenvalue weighted by molar-refractivity contribution is -0.116. The van der Waals surface area contributed by atoms with Crippen LogP contribution in [0.2, 0.25) is 0 Å². The number of aromatic nitrogens is 3. The fourth-order valence-electron chi connectivity index (χ4n) is 3.13. The molecule has 0 bridgehead atoms. The third-order valence-electron chi connectivity index (χ3n) is 4.52. The Labute approximate surface area is 157 Å². The highest BCUT2D eigenvalue weighted by Crippen LogP contribution is 2.24. The number of benzene rings is 2. The molecule has 0 atom stereocenters. The van der Waals surface area contributed by atoms with Crippen LogP contribution in [0.4, 0.5) is 5.69 Å². The van der Waals surface area contributed by atoms with Crippen LogP contribution in [-0.2, 0) is 11.3 Å². The number of carbonyl (C=O) groups is 1. The Morgan fingerprint density at radius 1 is 1.04 bits per heavy atom. The minimum absolute atomic E-state index is 0.0935. The molecule has 0 saturated heterocycles. The van der Waals surface area contributed by atoms with Crippen molar-refractivity contribution in [3.8, 4) is 11.5 Å². The maximum absolute atomic E-state index is 12.8. The SMILES string of the molecule is Cc1ccc(C)c(NC(=O)Cn2c(-c3ccccn3)nc3ccccc32)c1. The van der Waals surface area contributed by atoms with Gasteiger partial charge in [0.25, 0.3) is 0 Å². The van der Waals surface area contributed by atoms with Crippen LogP contribution < -0.4 is 5.32 Å². The molecule has 1 N–H and O–H groups in total. The third kappa shape index (κ3) is 3.44. The van der Waals surface area contributed by atoms with Crippen molar-refractivity contribution in [3.63, 3.8) is 0 Å². The van der Waals surface area contributed by atoms with Crippen molar-refractivity contribution in [1.82, 2.24) is 14.5 Å². The number of carbonyl (C=O) groups excluding carboxylic acids is 1. The van der Waals surface area contributed by atoms with Crippen LogP contribution in [0.3, 0.4) is 0 Å². The zero-order valence-corrected chi connectivity index (χ0v) is 15.3. The number of aryl methyl sites for hydroxylation is 2. The van der Waals surface area contributed by atoms with E-state index >= 15 is 0 Å². The molecule has 134 valence electrons. The third-order valence-corrected chi connectivity index (χ3v) is 4.52. The number of hydrogen-bond acceptors (Lipinski definition) is 3. The van der Waals surface area contributed by atoms with Gasteiger partial charge in [-0.1, -0.05) is 30.3 Å². The number of hydrogen-bond donors (Lipinski definition) is 1. The molecular formula is C22H20N4O. The maximum atomic E-state index is 12.8. The Balaban J connectivity index is 1.70. The number of amides is 1. The Morgan fingerprint density at radius 3 is 2.67 bits per heavy atom. The van der Waals surface area contributed by atoms with Gasteiger partial charge in [-0.05, 0) is 55.3 Å². The summed E-state index contributed by atoms with van der Waals surface area (Å²) in [6.07, 6.45) is 1.73. The van der Waals surface area contributed by atoms with Crippen LogP contribution >= 0.6 is 0 Å². The molecular weight excluding hydrogens is 336 g/mol. The zero-order chi connectivity index (χ0) is 18.8. The number of imidazole rings is 1. The average Bonchev–Trinajstić information content (AvgIpc) is 3.04. The fourth-order valence-corrected chi connectivity index (χ4v) is 3.13. The Kier molecular flexibility index (Phi) is 4.42. The molecule has 1 amide bonds. The molecule has 0 unspecified atom stereocenters. The summed E-state index contributed by atoms with van der Waals surface area (Å²) >= 11 is 0. The van der Waals surface area contributed by atoms with E-state index in [4.69, 9.17) is 4.98 Å². The number of rotatable bonds is 4. The van der Waals surface area contributed by atoms with E-state index in [-0.39, 0.29) is 12.5 Å². The predicted molar refractivity (Wildman–Crippen MR) is 108 cm³/mol. The molecule has 2 aromatic carbocycles. The molecule has 2 aromatic heterocycles. The highest BCUT2D eigenvalue weighted by molar-refractivity contribution is 5.93. The molecule has 27 heavy (non-hydrogen) atoms. The fraction of sp³-hybridized carbons (Fsp3) is 0.136. The summed E-state index contributed by atoms with van der Waals surface area (Å²) in [5.41, 5.74) is 5.48. The van der Waals surface area contributed by atoms with Gasteiger partial charge in [0, 0.05) is 11.9 Å². The summed E-state index contributed by atoms with van der Waals surface area (Å²) in [7, 11) is 0. The van der Waals surface area contributed by atoms with Crippen molar-refractivity contribution < 1.29 is 4.79 Å². The van der Waals surface area contributed by atoms with E-state index in [1.54, 1.807) is 6.20 Å². The first kappa shape index (κ1) is 17.0. The molecule has 0 aliphatic carbocycles. The van der Waals surface area contributed by atoms with Gasteiger partial charge in [-0.25, -0.2) is 4.98 Å². The van der Waals surface area contributed by atoms with E-state index in [9.17, 15) is 4.79 Å². The highest BCUT2D eigenvalue weighted by atomic mass is 16.1. The minimum atomic E-state index is -0.0935. The van der Waals surface area contributed by atoms with E-state index in [1.165, 1.54) is 0 Å². The van der Waals surface area contributed by atoms with Gasteiger partial charge in [0.2, 0.25) is 5.91 Å². The second kappa shape index (κ2) is 7.03. The summed E-state index contributed by atoms with van der Waals surface area (Å²) in [6, 6.07) is 19.5. The number of para-hydroxylation sites is 2. The predicted octanol–water partition coefficient (Wildman–Crippen LogP) is 4.35. The quantitative estimate of drug-likeness (QED) is 0.591. The topological polar surface area (TPSA) is 59.8 Å². The van der Waals surface area contributed by atoms with Gasteiger partial charge in [-0.15, -0.1) is 0 Å². The smallest absolute Gasteiger partial charge is 0.244 e. The van der Waals surface area contributed by atoms with Gasteiger partial charge in [-0.2, -0.15) is 0 Å². The number of fused-ring (bicyclic) bond motifs is 1. The molecule has 2 heterocycles. The number of pyridine rings is 1. The Bertz CT molecular complexity index is 1120. The van der Waals surface area contributed by atoms with Crippen molar-refractivity contribution in [3.05, 3.63) is 78.0 Å². The summed E-state index contributed by atoms with van der Waals surface area (Å²) in [6.45, 7) is 4.17. The van der Waals surface area contributed by atoms with E-state index in [0.717, 1.165) is 33.5 Å². The normalized spacial score (nSPS) is 10.9. The monoisotopic (exact) mass is 356 g/mol. The van der Waals surface area contributed by atoms with Crippen LogP contribution in [0.25, 0.3) is 22.6 Å². The molecule has 0 fully saturated rings. The lowest BCUT2D eigenvalue weighted by Crippen LogP contribution is -2.20. The van der Waals surface area contributed by atoms with Crippen LogP contribution in [0.15, 0.2) is 66.9 Å². The molecule has 0 radical (unpaired) electrons. The van der Waals surface area contributed by atoms with Crippen molar-refractivity contribution in [2.75, 3.05) is 5.32 Å². The first-order valence-corrected chi connectivity index (χ1v) is 8.85. The molecule has 5 nitrogen and oxygen atoms in total. The van der Waals surface area contributed by atoms with Crippen LogP contribution in [0, 0.1) is 13.8 Å². The largest absolute Gasteiger partial charge is 0.324 e. The number of nitrogens with zero attached hydrogens (tertiary/aromatic N) is 3. The summed E-state index contributed by atoms with van der Waals surface area (Å²) in [4.78, 5) is 21.9. The molecule has 0 spiro atoms. The first-order chi connectivity index (χ1) is 13.1. The van der Waals surface area contributed by atoms with Crippen LogP contribution in [0.1, 0.15) is 11.1 Å². The summed E-state index contributed by atoms with van der Waals surface area (Å²) in [5, 5.41) is 3.02. The van der Waals surface area contributed by atoms with Gasteiger partial charge in [0.05, 0.1) is 11.0 Å². The van der Waals surface area contributed by atoms with Crippen LogP contribution in [-0.4, -0.2) is 20.4 Å². The van der Waals surface area contributed by atoms with Gasteiger partial charge in [-0.3, -0.25) is 9.78 Å². The van der Waals surface area contributed by atoms with Crippen molar-refractivity contribution in [1.29, 1.82) is 0 Å². The summed E-state index contributed by atoms with van der Waals surface area (Å²) < 4.78 is 1.91. The maximum Gasteiger partial charge on any atom is 0.244 e. The average molecular weight is 356 g/mol. The summed E-state index contributed by atoms with van der Waals surface area (Å²) in [5.74, 6) is 0.594. The van der Waals surface area contributed by atoms with Gasteiger partial charge in [0.15, 0.2) is 5.82 Å². The zero-order valence-electron chi connectivity index (χ0n) is 15.3. The number of anilines is 1. The van der Waals surface area contributed by atoms with E-state index < -0.39 is 0 Å². The lowest BCUT2D eigenvalue weighted by Gasteiger charge is -2.12.